The Kier molecular flexibility index (Phi) is 5.40. The highest BCUT2D eigenvalue weighted by Gasteiger charge is 2.22. The van der Waals surface area contributed by atoms with Gasteiger partial charge in [0.1, 0.15) is 0 Å². The number of methoxy groups -OCH3 is 2. The van der Waals surface area contributed by atoms with E-state index in [1.807, 2.05) is 0 Å². The van der Waals surface area contributed by atoms with Gasteiger partial charge in [-0.3, -0.25) is 0 Å². The Morgan fingerprint density at radius 1 is 0.958 bits per heavy atom. The Hall–Kier alpha value is -2.19. The molecular weight excluding hydrogens is 340 g/mol. The number of nitrogens with zero attached hydrogens (tertiary/aromatic N) is 1. The minimum absolute atomic E-state index is 0.0294. The van der Waals surface area contributed by atoms with Gasteiger partial charge in [0.15, 0.2) is 23.1 Å². The quantitative estimate of drug-likeness (QED) is 0.798. The van der Waals surface area contributed by atoms with Gasteiger partial charge in [-0.2, -0.15) is 4.31 Å². The zero-order valence-electron chi connectivity index (χ0n) is 13.4. The zero-order chi connectivity index (χ0) is 17.9. The lowest BCUT2D eigenvalue weighted by molar-refractivity contribution is 0.354. The standard InChI is InChI=1S/C16H17F2NO4S/c1-19(10-11-4-7-15(22-2)16(8-11)23-3)24(20,21)12-5-6-13(17)14(18)9-12/h4-9H,10H2,1-3H3. The van der Waals surface area contributed by atoms with Gasteiger partial charge in [-0.25, -0.2) is 17.2 Å². The molecule has 0 bridgehead atoms. The topological polar surface area (TPSA) is 55.8 Å². The van der Waals surface area contributed by atoms with Gasteiger partial charge in [0, 0.05) is 13.6 Å². The van der Waals surface area contributed by atoms with Crippen molar-refractivity contribution in [3.05, 3.63) is 53.6 Å². The van der Waals surface area contributed by atoms with E-state index in [1.54, 1.807) is 18.2 Å². The molecule has 0 radical (unpaired) electrons. The SMILES string of the molecule is COc1ccc(CN(C)S(=O)(=O)c2ccc(F)c(F)c2)cc1OC. The van der Waals surface area contributed by atoms with E-state index in [9.17, 15) is 17.2 Å². The fraction of sp³-hybridized carbons (Fsp3) is 0.250. The first-order valence-corrected chi connectivity index (χ1v) is 8.36. The summed E-state index contributed by atoms with van der Waals surface area (Å²) in [5.41, 5.74) is 0.654. The van der Waals surface area contributed by atoms with Crippen LogP contribution in [0.5, 0.6) is 11.5 Å². The van der Waals surface area contributed by atoms with Crippen molar-refractivity contribution < 1.29 is 26.7 Å². The maximum atomic E-state index is 13.3. The van der Waals surface area contributed by atoms with Crippen LogP contribution in [0, 0.1) is 11.6 Å². The van der Waals surface area contributed by atoms with E-state index in [-0.39, 0.29) is 11.4 Å². The number of halogens is 2. The molecule has 0 aliphatic carbocycles. The van der Waals surface area contributed by atoms with Crippen LogP contribution in [-0.2, 0) is 16.6 Å². The summed E-state index contributed by atoms with van der Waals surface area (Å²) in [7, 11) is 0.370. The van der Waals surface area contributed by atoms with Gasteiger partial charge in [0.25, 0.3) is 0 Å². The minimum atomic E-state index is -3.96. The van der Waals surface area contributed by atoms with Crippen LogP contribution in [-0.4, -0.2) is 34.0 Å². The summed E-state index contributed by atoms with van der Waals surface area (Å²) in [6.07, 6.45) is 0. The molecule has 0 atom stereocenters. The van der Waals surface area contributed by atoms with E-state index in [0.717, 1.165) is 16.4 Å². The van der Waals surface area contributed by atoms with Crippen molar-refractivity contribution in [3.8, 4) is 11.5 Å². The number of sulfonamides is 1. The van der Waals surface area contributed by atoms with Crippen molar-refractivity contribution in [3.63, 3.8) is 0 Å². The van der Waals surface area contributed by atoms with Crippen LogP contribution in [0.25, 0.3) is 0 Å². The molecule has 0 N–H and O–H groups in total. The lowest BCUT2D eigenvalue weighted by Gasteiger charge is -2.18. The molecule has 0 heterocycles. The molecule has 2 aromatic rings. The van der Waals surface area contributed by atoms with E-state index in [4.69, 9.17) is 9.47 Å². The van der Waals surface area contributed by atoms with Gasteiger partial charge in [0.05, 0.1) is 19.1 Å². The Morgan fingerprint density at radius 3 is 2.21 bits per heavy atom. The summed E-state index contributed by atoms with van der Waals surface area (Å²) < 4.78 is 62.5. The highest BCUT2D eigenvalue weighted by molar-refractivity contribution is 7.89. The molecule has 24 heavy (non-hydrogen) atoms. The summed E-state index contributed by atoms with van der Waals surface area (Å²) in [6, 6.07) is 7.47. The summed E-state index contributed by atoms with van der Waals surface area (Å²) in [4.78, 5) is -0.315. The van der Waals surface area contributed by atoms with Gasteiger partial charge in [-0.15, -0.1) is 0 Å². The molecule has 0 aliphatic rings. The first-order valence-electron chi connectivity index (χ1n) is 6.92. The molecule has 0 saturated carbocycles. The fourth-order valence-electron chi connectivity index (χ4n) is 2.14. The van der Waals surface area contributed by atoms with Crippen molar-refractivity contribution in [1.82, 2.24) is 4.31 Å². The van der Waals surface area contributed by atoms with E-state index >= 15 is 0 Å². The highest BCUT2D eigenvalue weighted by atomic mass is 32.2. The van der Waals surface area contributed by atoms with Crippen LogP contribution >= 0.6 is 0 Å². The summed E-state index contributed by atoms with van der Waals surface area (Å²) in [5.74, 6) is -1.33. The smallest absolute Gasteiger partial charge is 0.243 e. The van der Waals surface area contributed by atoms with Crippen molar-refractivity contribution in [2.24, 2.45) is 0 Å². The molecule has 0 aromatic heterocycles. The Morgan fingerprint density at radius 2 is 1.62 bits per heavy atom. The number of benzene rings is 2. The molecule has 130 valence electrons. The average molecular weight is 357 g/mol. The maximum absolute atomic E-state index is 13.3. The van der Waals surface area contributed by atoms with E-state index < -0.39 is 21.7 Å². The van der Waals surface area contributed by atoms with E-state index in [0.29, 0.717) is 23.1 Å². The molecule has 5 nitrogen and oxygen atoms in total. The summed E-state index contributed by atoms with van der Waals surface area (Å²) >= 11 is 0. The molecule has 0 unspecified atom stereocenters. The van der Waals surface area contributed by atoms with Crippen LogP contribution in [0.2, 0.25) is 0 Å². The Labute approximate surface area is 139 Å². The predicted molar refractivity (Wildman–Crippen MR) is 84.6 cm³/mol. The molecule has 0 fully saturated rings. The van der Waals surface area contributed by atoms with Crippen LogP contribution in [0.1, 0.15) is 5.56 Å². The third-order valence-electron chi connectivity index (χ3n) is 3.45. The summed E-state index contributed by atoms with van der Waals surface area (Å²) in [6.45, 7) is 0.0294. The first-order chi connectivity index (χ1) is 11.3. The third-order valence-corrected chi connectivity index (χ3v) is 5.25. The van der Waals surface area contributed by atoms with Gasteiger partial charge < -0.3 is 9.47 Å². The fourth-order valence-corrected chi connectivity index (χ4v) is 3.31. The third kappa shape index (κ3) is 3.65. The largest absolute Gasteiger partial charge is 0.493 e. The maximum Gasteiger partial charge on any atom is 0.243 e. The van der Waals surface area contributed by atoms with Crippen molar-refractivity contribution in [1.29, 1.82) is 0 Å². The molecule has 0 saturated heterocycles. The van der Waals surface area contributed by atoms with Crippen molar-refractivity contribution in [2.45, 2.75) is 11.4 Å². The van der Waals surface area contributed by atoms with E-state index in [1.165, 1.54) is 21.3 Å². The number of hydrogen-bond acceptors (Lipinski definition) is 4. The number of hydrogen-bond donors (Lipinski definition) is 0. The highest BCUT2D eigenvalue weighted by Crippen LogP contribution is 2.28. The summed E-state index contributed by atoms with van der Waals surface area (Å²) in [5, 5.41) is 0. The van der Waals surface area contributed by atoms with Crippen LogP contribution in [0.4, 0.5) is 8.78 Å². The van der Waals surface area contributed by atoms with Gasteiger partial charge in [-0.1, -0.05) is 6.07 Å². The second kappa shape index (κ2) is 7.14. The Bertz CT molecular complexity index is 840. The monoisotopic (exact) mass is 357 g/mol. The predicted octanol–water partition coefficient (Wildman–Crippen LogP) is 2.80. The second-order valence-corrected chi connectivity index (χ2v) is 7.07. The van der Waals surface area contributed by atoms with Gasteiger partial charge in [0.2, 0.25) is 10.0 Å². The number of ether oxygens (including phenoxy) is 2. The van der Waals surface area contributed by atoms with Gasteiger partial charge in [-0.05, 0) is 35.9 Å². The number of rotatable bonds is 6. The molecule has 8 heteroatoms. The lowest BCUT2D eigenvalue weighted by atomic mass is 10.2. The van der Waals surface area contributed by atoms with Crippen LogP contribution < -0.4 is 9.47 Å². The average Bonchev–Trinajstić information content (AvgIpc) is 2.56. The Balaban J connectivity index is 2.27. The molecule has 0 spiro atoms. The lowest BCUT2D eigenvalue weighted by Crippen LogP contribution is -2.26. The molecular formula is C16H17F2NO4S. The van der Waals surface area contributed by atoms with E-state index in [2.05, 4.69) is 0 Å². The normalized spacial score (nSPS) is 11.6. The van der Waals surface area contributed by atoms with Gasteiger partial charge >= 0.3 is 0 Å². The molecule has 2 aromatic carbocycles. The first kappa shape index (κ1) is 18.2. The minimum Gasteiger partial charge on any atom is -0.493 e. The zero-order valence-corrected chi connectivity index (χ0v) is 14.2. The van der Waals surface area contributed by atoms with Crippen molar-refractivity contribution >= 4 is 10.0 Å². The molecule has 0 amide bonds. The molecule has 0 aliphatic heterocycles. The van der Waals surface area contributed by atoms with Crippen LogP contribution in [0.15, 0.2) is 41.3 Å². The molecule has 2 rings (SSSR count). The van der Waals surface area contributed by atoms with Crippen LogP contribution in [0.3, 0.4) is 0 Å². The second-order valence-electron chi connectivity index (χ2n) is 5.03. The van der Waals surface area contributed by atoms with Crippen molar-refractivity contribution in [2.75, 3.05) is 21.3 Å².